The summed E-state index contributed by atoms with van der Waals surface area (Å²) in [6.07, 6.45) is 7.86. The Morgan fingerprint density at radius 2 is 1.73 bits per heavy atom. The van der Waals surface area contributed by atoms with E-state index in [1.807, 2.05) is 11.0 Å². The largest absolute Gasteiger partial charge is 0.468 e. The van der Waals surface area contributed by atoms with Crippen molar-refractivity contribution in [2.24, 2.45) is 5.92 Å². The zero-order valence-electron chi connectivity index (χ0n) is 18.4. The predicted molar refractivity (Wildman–Crippen MR) is 128 cm³/mol. The number of rotatable bonds is 8. The van der Waals surface area contributed by atoms with E-state index in [1.165, 1.54) is 24.0 Å². The van der Waals surface area contributed by atoms with Crippen LogP contribution < -0.4 is 4.72 Å². The molecule has 1 aliphatic rings. The number of hydrogen-bond donors (Lipinski definition) is 1. The van der Waals surface area contributed by atoms with Crippen LogP contribution in [0.25, 0.3) is 6.08 Å². The maximum absolute atomic E-state index is 12.6. The number of benzene rings is 2. The summed E-state index contributed by atoms with van der Waals surface area (Å²) < 4.78 is 32.5. The Bertz CT molecular complexity index is 1160. The van der Waals surface area contributed by atoms with E-state index >= 15 is 0 Å². The summed E-state index contributed by atoms with van der Waals surface area (Å²) >= 11 is 0. The molecule has 172 valence electrons. The third kappa shape index (κ3) is 6.43. The highest BCUT2D eigenvalue weighted by Gasteiger charge is 2.21. The topological polar surface area (TPSA) is 79.6 Å². The number of furan rings is 1. The van der Waals surface area contributed by atoms with Gasteiger partial charge in [0.25, 0.3) is 0 Å². The maximum Gasteiger partial charge on any atom is 0.246 e. The lowest BCUT2D eigenvalue weighted by Crippen LogP contribution is -2.37. The zero-order valence-corrected chi connectivity index (χ0v) is 19.2. The minimum atomic E-state index is -3.64. The minimum Gasteiger partial charge on any atom is -0.468 e. The molecule has 2 aromatic carbocycles. The van der Waals surface area contributed by atoms with Gasteiger partial charge in [-0.1, -0.05) is 42.5 Å². The summed E-state index contributed by atoms with van der Waals surface area (Å²) in [6, 6.07) is 20.3. The highest BCUT2D eigenvalue weighted by Crippen LogP contribution is 2.22. The van der Waals surface area contributed by atoms with E-state index in [-0.39, 0.29) is 17.3 Å². The summed E-state index contributed by atoms with van der Waals surface area (Å²) in [7, 11) is -3.64. The van der Waals surface area contributed by atoms with E-state index in [2.05, 4.69) is 29.0 Å². The molecular weight excluding hydrogens is 436 g/mol. The van der Waals surface area contributed by atoms with Crippen LogP contribution in [0.5, 0.6) is 0 Å². The van der Waals surface area contributed by atoms with Crippen molar-refractivity contribution in [3.8, 4) is 0 Å². The van der Waals surface area contributed by atoms with Gasteiger partial charge in [0.15, 0.2) is 0 Å². The Kier molecular flexibility index (Phi) is 7.42. The molecule has 0 aliphatic carbocycles. The summed E-state index contributed by atoms with van der Waals surface area (Å²) in [5.74, 6) is 1.14. The lowest BCUT2D eigenvalue weighted by Gasteiger charge is -2.31. The molecule has 4 rings (SSSR count). The molecule has 0 atom stereocenters. The van der Waals surface area contributed by atoms with E-state index in [0.717, 1.165) is 37.9 Å². The van der Waals surface area contributed by atoms with Gasteiger partial charge in [0.1, 0.15) is 5.76 Å². The molecule has 33 heavy (non-hydrogen) atoms. The molecule has 0 spiro atoms. The van der Waals surface area contributed by atoms with Gasteiger partial charge in [-0.15, -0.1) is 0 Å². The first-order valence-corrected chi connectivity index (χ1v) is 12.6. The Morgan fingerprint density at radius 3 is 2.39 bits per heavy atom. The van der Waals surface area contributed by atoms with Gasteiger partial charge in [0.2, 0.25) is 15.9 Å². The van der Waals surface area contributed by atoms with Gasteiger partial charge in [-0.2, -0.15) is 0 Å². The van der Waals surface area contributed by atoms with Crippen LogP contribution in [0.2, 0.25) is 0 Å². The summed E-state index contributed by atoms with van der Waals surface area (Å²) in [4.78, 5) is 14.6. The van der Waals surface area contributed by atoms with E-state index in [9.17, 15) is 13.2 Å². The van der Waals surface area contributed by atoms with Gasteiger partial charge >= 0.3 is 0 Å². The molecule has 3 aromatic rings. The Morgan fingerprint density at radius 1 is 1.00 bits per heavy atom. The second-order valence-electron chi connectivity index (χ2n) is 8.26. The van der Waals surface area contributed by atoms with Crippen molar-refractivity contribution < 1.29 is 17.6 Å². The van der Waals surface area contributed by atoms with Gasteiger partial charge < -0.3 is 9.32 Å². The van der Waals surface area contributed by atoms with E-state index in [4.69, 9.17) is 4.42 Å². The molecule has 1 N–H and O–H groups in total. The Labute approximate surface area is 195 Å². The SMILES string of the molecule is O=C(C=Cc1ccc(S(=O)(=O)NCc2ccco2)cc1)N1CCC(Cc2ccccc2)CC1. The maximum atomic E-state index is 12.6. The van der Waals surface area contributed by atoms with Gasteiger partial charge in [-0.25, -0.2) is 13.1 Å². The fourth-order valence-electron chi connectivity index (χ4n) is 4.00. The van der Waals surface area contributed by atoms with Gasteiger partial charge in [-0.3, -0.25) is 4.79 Å². The number of carbonyl (C=O) groups is 1. The summed E-state index contributed by atoms with van der Waals surface area (Å²) in [6.45, 7) is 1.62. The minimum absolute atomic E-state index is 0.00928. The molecular formula is C26H28N2O4S. The van der Waals surface area contributed by atoms with E-state index in [1.54, 1.807) is 36.4 Å². The highest BCUT2D eigenvalue weighted by atomic mass is 32.2. The number of carbonyl (C=O) groups excluding carboxylic acids is 1. The first-order chi connectivity index (χ1) is 16.0. The van der Waals surface area contributed by atoms with Crippen LogP contribution in [-0.2, 0) is 27.8 Å². The van der Waals surface area contributed by atoms with Crippen LogP contribution in [-0.4, -0.2) is 32.3 Å². The molecule has 2 heterocycles. The molecule has 0 radical (unpaired) electrons. The van der Waals surface area contributed by atoms with Crippen molar-refractivity contribution in [2.45, 2.75) is 30.7 Å². The van der Waals surface area contributed by atoms with Crippen LogP contribution >= 0.6 is 0 Å². The van der Waals surface area contributed by atoms with Gasteiger partial charge in [0.05, 0.1) is 17.7 Å². The zero-order chi connectivity index (χ0) is 23.1. The molecule has 1 aromatic heterocycles. The lowest BCUT2D eigenvalue weighted by atomic mass is 9.90. The third-order valence-corrected chi connectivity index (χ3v) is 7.34. The van der Waals surface area contributed by atoms with E-state index in [0.29, 0.717) is 11.7 Å². The number of hydrogen-bond acceptors (Lipinski definition) is 4. The fraction of sp³-hybridized carbons (Fsp3) is 0.269. The molecule has 1 saturated heterocycles. The average molecular weight is 465 g/mol. The second-order valence-corrected chi connectivity index (χ2v) is 10.0. The van der Waals surface area contributed by atoms with Crippen molar-refractivity contribution in [1.29, 1.82) is 0 Å². The quantitative estimate of drug-likeness (QED) is 0.506. The van der Waals surface area contributed by atoms with Crippen molar-refractivity contribution in [3.05, 3.63) is 96.0 Å². The molecule has 1 amide bonds. The molecule has 6 nitrogen and oxygen atoms in total. The van der Waals surface area contributed by atoms with Crippen molar-refractivity contribution in [2.75, 3.05) is 13.1 Å². The monoisotopic (exact) mass is 464 g/mol. The second kappa shape index (κ2) is 10.6. The van der Waals surface area contributed by atoms with Crippen LogP contribution in [0.3, 0.4) is 0 Å². The number of sulfonamides is 1. The van der Waals surface area contributed by atoms with Crippen molar-refractivity contribution in [1.82, 2.24) is 9.62 Å². The number of likely N-dealkylation sites (tertiary alicyclic amines) is 1. The smallest absolute Gasteiger partial charge is 0.246 e. The first kappa shape index (κ1) is 23.0. The lowest BCUT2D eigenvalue weighted by molar-refractivity contribution is -0.127. The molecule has 0 unspecified atom stereocenters. The molecule has 1 aliphatic heterocycles. The van der Waals surface area contributed by atoms with Gasteiger partial charge in [0, 0.05) is 19.2 Å². The van der Waals surface area contributed by atoms with E-state index < -0.39 is 10.0 Å². The number of amides is 1. The first-order valence-electron chi connectivity index (χ1n) is 11.1. The highest BCUT2D eigenvalue weighted by molar-refractivity contribution is 7.89. The predicted octanol–water partition coefficient (Wildman–Crippen LogP) is 4.25. The van der Waals surface area contributed by atoms with Crippen molar-refractivity contribution >= 4 is 22.0 Å². The van der Waals surface area contributed by atoms with Crippen molar-refractivity contribution in [3.63, 3.8) is 0 Å². The molecule has 7 heteroatoms. The number of nitrogens with one attached hydrogen (secondary N) is 1. The number of nitrogens with zero attached hydrogens (tertiary/aromatic N) is 1. The van der Waals surface area contributed by atoms with Crippen LogP contribution in [0.1, 0.15) is 29.7 Å². The van der Waals surface area contributed by atoms with Crippen LogP contribution in [0.15, 0.2) is 88.4 Å². The number of piperidine rings is 1. The summed E-state index contributed by atoms with van der Waals surface area (Å²) in [5.41, 5.74) is 2.12. The van der Waals surface area contributed by atoms with Gasteiger partial charge in [-0.05, 0) is 66.6 Å². The molecule has 0 bridgehead atoms. The molecule has 0 saturated carbocycles. The Hall–Kier alpha value is -3.16. The average Bonchev–Trinajstić information content (AvgIpc) is 3.37. The third-order valence-electron chi connectivity index (χ3n) is 5.92. The standard InChI is InChI=1S/C26H28N2O4S/c29-26(28-16-14-23(15-17-28)19-22-5-2-1-3-6-22)13-10-21-8-11-25(12-9-21)33(30,31)27-20-24-7-4-18-32-24/h1-13,18,23,27H,14-17,19-20H2. The van der Waals surface area contributed by atoms with Crippen LogP contribution in [0.4, 0.5) is 0 Å². The molecule has 1 fully saturated rings. The summed E-state index contributed by atoms with van der Waals surface area (Å²) in [5, 5.41) is 0. The van der Waals surface area contributed by atoms with Crippen LogP contribution in [0, 0.1) is 5.92 Å². The normalized spacial score (nSPS) is 15.2. The fourth-order valence-corrected chi connectivity index (χ4v) is 4.99. The Balaban J connectivity index is 1.27.